The molecule has 0 saturated carbocycles. The second kappa shape index (κ2) is 9.32. The smallest absolute Gasteiger partial charge is 0.411 e. The first-order chi connectivity index (χ1) is 11.5. The third-order valence-electron chi connectivity index (χ3n) is 2.82. The number of hydrogen-bond acceptors (Lipinski definition) is 3. The number of thiocarbonyl (C=S) groups is 1. The maximum atomic E-state index is 11.6. The van der Waals surface area contributed by atoms with Crippen LogP contribution in [0.5, 0.6) is 0 Å². The van der Waals surface area contributed by atoms with Crippen molar-refractivity contribution in [2.24, 2.45) is 0 Å². The molecule has 3 N–H and O–H groups in total. The van der Waals surface area contributed by atoms with Gasteiger partial charge in [-0.3, -0.25) is 5.32 Å². The molecule has 1 amide bonds. The number of carbonyl (C=O) groups is 1. The van der Waals surface area contributed by atoms with E-state index < -0.39 is 6.09 Å². The minimum atomic E-state index is -0.522. The molecular weight excluding hydrogens is 369 g/mol. The van der Waals surface area contributed by atoms with Gasteiger partial charge in [0.1, 0.15) is 6.61 Å². The highest BCUT2D eigenvalue weighted by Gasteiger charge is 2.04. The molecule has 0 unspecified atom stereocenters. The summed E-state index contributed by atoms with van der Waals surface area (Å²) in [5.41, 5.74) is 1.39. The zero-order valence-corrected chi connectivity index (χ0v) is 14.8. The molecule has 0 atom stereocenters. The molecule has 0 aliphatic rings. The summed E-state index contributed by atoms with van der Waals surface area (Å²) in [5.74, 6) is 0. The van der Waals surface area contributed by atoms with Crippen molar-refractivity contribution >= 4 is 58.0 Å². The lowest BCUT2D eigenvalue weighted by Crippen LogP contribution is -2.32. The van der Waals surface area contributed by atoms with Gasteiger partial charge in [0, 0.05) is 11.4 Å². The van der Waals surface area contributed by atoms with Crippen LogP contribution in [0.4, 0.5) is 16.2 Å². The first-order valence-electron chi connectivity index (χ1n) is 7.03. The standard InChI is InChI=1S/C16H15Cl2N3O2S/c17-13-7-6-12(10-14(13)18)20-15(24)19-8-9-23-16(22)21-11-4-2-1-3-5-11/h1-7,10H,8-9H2,(H,21,22)(H2,19,20,24). The van der Waals surface area contributed by atoms with E-state index in [1.165, 1.54) is 0 Å². The number of anilines is 2. The zero-order chi connectivity index (χ0) is 17.4. The molecule has 8 heteroatoms. The van der Waals surface area contributed by atoms with Crippen molar-refractivity contribution in [2.75, 3.05) is 23.8 Å². The molecule has 0 aliphatic carbocycles. The van der Waals surface area contributed by atoms with E-state index in [2.05, 4.69) is 16.0 Å². The minimum absolute atomic E-state index is 0.169. The Kier molecular flexibility index (Phi) is 7.11. The van der Waals surface area contributed by atoms with Crippen LogP contribution in [-0.2, 0) is 4.74 Å². The first-order valence-corrected chi connectivity index (χ1v) is 8.20. The summed E-state index contributed by atoms with van der Waals surface area (Å²) in [4.78, 5) is 11.6. The van der Waals surface area contributed by atoms with Gasteiger partial charge in [0.05, 0.1) is 16.6 Å². The second-order valence-corrected chi connectivity index (χ2v) is 5.86. The van der Waals surface area contributed by atoms with Gasteiger partial charge >= 0.3 is 6.09 Å². The van der Waals surface area contributed by atoms with Crippen molar-refractivity contribution in [3.05, 3.63) is 58.6 Å². The van der Waals surface area contributed by atoms with Crippen LogP contribution in [0.1, 0.15) is 0 Å². The van der Waals surface area contributed by atoms with Crippen LogP contribution in [0.15, 0.2) is 48.5 Å². The average molecular weight is 384 g/mol. The predicted octanol–water partition coefficient (Wildman–Crippen LogP) is 4.53. The molecule has 5 nitrogen and oxygen atoms in total. The lowest BCUT2D eigenvalue weighted by Gasteiger charge is -2.11. The lowest BCUT2D eigenvalue weighted by atomic mass is 10.3. The van der Waals surface area contributed by atoms with Crippen molar-refractivity contribution in [1.82, 2.24) is 5.32 Å². The Morgan fingerprint density at radius 3 is 2.46 bits per heavy atom. The van der Waals surface area contributed by atoms with E-state index in [4.69, 9.17) is 40.2 Å². The van der Waals surface area contributed by atoms with Crippen LogP contribution in [0.3, 0.4) is 0 Å². The quantitative estimate of drug-likeness (QED) is 0.522. The van der Waals surface area contributed by atoms with Crippen molar-refractivity contribution in [1.29, 1.82) is 0 Å². The molecular formula is C16H15Cl2N3O2S. The van der Waals surface area contributed by atoms with Gasteiger partial charge in [-0.15, -0.1) is 0 Å². The number of halogens is 2. The van der Waals surface area contributed by atoms with Gasteiger partial charge in [-0.25, -0.2) is 4.79 Å². The van der Waals surface area contributed by atoms with Gasteiger partial charge in [0.2, 0.25) is 0 Å². The topological polar surface area (TPSA) is 62.4 Å². The summed E-state index contributed by atoms with van der Waals surface area (Å²) < 4.78 is 5.04. The Morgan fingerprint density at radius 2 is 1.75 bits per heavy atom. The van der Waals surface area contributed by atoms with Crippen LogP contribution < -0.4 is 16.0 Å². The van der Waals surface area contributed by atoms with E-state index in [9.17, 15) is 4.79 Å². The van der Waals surface area contributed by atoms with Crippen molar-refractivity contribution in [3.8, 4) is 0 Å². The molecule has 0 heterocycles. The Balaban J connectivity index is 1.65. The molecule has 2 aromatic carbocycles. The van der Waals surface area contributed by atoms with Crippen LogP contribution in [0, 0.1) is 0 Å². The number of ether oxygens (including phenoxy) is 1. The number of hydrogen-bond donors (Lipinski definition) is 3. The summed E-state index contributed by atoms with van der Waals surface area (Å²) in [6.45, 7) is 0.539. The van der Waals surface area contributed by atoms with E-state index in [0.29, 0.717) is 33.1 Å². The monoisotopic (exact) mass is 383 g/mol. The summed E-state index contributed by atoms with van der Waals surface area (Å²) in [5, 5.41) is 9.80. The molecule has 2 aromatic rings. The number of amides is 1. The summed E-state index contributed by atoms with van der Waals surface area (Å²) >= 11 is 16.9. The lowest BCUT2D eigenvalue weighted by molar-refractivity contribution is 0.163. The molecule has 0 aliphatic heterocycles. The Labute approximate surface area is 155 Å². The van der Waals surface area contributed by atoms with Crippen LogP contribution in [0.25, 0.3) is 0 Å². The number of benzene rings is 2. The van der Waals surface area contributed by atoms with Crippen LogP contribution in [-0.4, -0.2) is 24.4 Å². The Bertz CT molecular complexity index is 714. The molecule has 24 heavy (non-hydrogen) atoms. The fourth-order valence-electron chi connectivity index (χ4n) is 1.73. The fourth-order valence-corrected chi connectivity index (χ4v) is 2.25. The van der Waals surface area contributed by atoms with Gasteiger partial charge in [0.15, 0.2) is 5.11 Å². The SMILES string of the molecule is O=C(Nc1ccccc1)OCCNC(=S)Nc1ccc(Cl)c(Cl)c1. The largest absolute Gasteiger partial charge is 0.447 e. The molecule has 0 spiro atoms. The zero-order valence-electron chi connectivity index (χ0n) is 12.5. The highest BCUT2D eigenvalue weighted by molar-refractivity contribution is 7.80. The highest BCUT2D eigenvalue weighted by Crippen LogP contribution is 2.24. The van der Waals surface area contributed by atoms with Crippen LogP contribution >= 0.6 is 35.4 Å². The fraction of sp³-hybridized carbons (Fsp3) is 0.125. The minimum Gasteiger partial charge on any atom is -0.447 e. The highest BCUT2D eigenvalue weighted by atomic mass is 35.5. The summed E-state index contributed by atoms with van der Waals surface area (Å²) in [7, 11) is 0. The van der Waals surface area contributed by atoms with Crippen molar-refractivity contribution in [2.45, 2.75) is 0 Å². The van der Waals surface area contributed by atoms with Gasteiger partial charge in [-0.05, 0) is 42.5 Å². The maximum absolute atomic E-state index is 11.6. The third kappa shape index (κ3) is 6.23. The van der Waals surface area contributed by atoms with E-state index in [0.717, 1.165) is 0 Å². The van der Waals surface area contributed by atoms with Gasteiger partial charge in [0.25, 0.3) is 0 Å². The molecule has 0 fully saturated rings. The number of carbonyl (C=O) groups excluding carboxylic acids is 1. The van der Waals surface area contributed by atoms with E-state index in [1.807, 2.05) is 18.2 Å². The summed E-state index contributed by atoms with van der Waals surface area (Å²) in [6.07, 6.45) is -0.522. The maximum Gasteiger partial charge on any atom is 0.411 e. The summed E-state index contributed by atoms with van der Waals surface area (Å²) in [6, 6.07) is 14.2. The van der Waals surface area contributed by atoms with Gasteiger partial charge in [-0.1, -0.05) is 41.4 Å². The van der Waals surface area contributed by atoms with E-state index >= 15 is 0 Å². The normalized spacial score (nSPS) is 9.92. The Hall–Kier alpha value is -2.02. The Morgan fingerprint density at radius 1 is 1.00 bits per heavy atom. The molecule has 0 aromatic heterocycles. The van der Waals surface area contributed by atoms with Crippen molar-refractivity contribution in [3.63, 3.8) is 0 Å². The number of rotatable bonds is 5. The van der Waals surface area contributed by atoms with E-state index in [1.54, 1.807) is 30.3 Å². The molecule has 0 radical (unpaired) electrons. The van der Waals surface area contributed by atoms with Crippen LogP contribution in [0.2, 0.25) is 10.0 Å². The van der Waals surface area contributed by atoms with Crippen molar-refractivity contribution < 1.29 is 9.53 Å². The average Bonchev–Trinajstić information content (AvgIpc) is 2.56. The molecule has 126 valence electrons. The van der Waals surface area contributed by atoms with Gasteiger partial charge < -0.3 is 15.4 Å². The predicted molar refractivity (Wildman–Crippen MR) is 102 cm³/mol. The van der Waals surface area contributed by atoms with E-state index in [-0.39, 0.29) is 6.61 Å². The number of para-hydroxylation sites is 1. The first kappa shape index (κ1) is 18.3. The molecule has 2 rings (SSSR count). The molecule has 0 saturated heterocycles. The number of nitrogens with one attached hydrogen (secondary N) is 3. The second-order valence-electron chi connectivity index (χ2n) is 4.64. The third-order valence-corrected chi connectivity index (χ3v) is 3.80. The van der Waals surface area contributed by atoms with Gasteiger partial charge in [-0.2, -0.15) is 0 Å². The molecule has 0 bridgehead atoms.